The molecule has 2 amide bonds. The number of carbonyl (C=O) groups is 2. The second-order valence-corrected chi connectivity index (χ2v) is 14.6. The molecule has 5 heterocycles. The molecule has 1 saturated heterocycles. The van der Waals surface area contributed by atoms with E-state index in [0.717, 1.165) is 43.0 Å². The number of aromatic nitrogens is 6. The van der Waals surface area contributed by atoms with Crippen molar-refractivity contribution in [1.82, 2.24) is 34.0 Å². The van der Waals surface area contributed by atoms with Crippen LogP contribution in [0.5, 0.6) is 5.75 Å². The van der Waals surface area contributed by atoms with Crippen LogP contribution in [-0.2, 0) is 27.7 Å². The Bertz CT molecular complexity index is 2310. The zero-order chi connectivity index (χ0) is 36.3. The monoisotopic (exact) mass is 736 g/mol. The lowest BCUT2D eigenvalue weighted by Crippen LogP contribution is -2.64. The molecular formula is C35H32ClF3N8O5. The van der Waals surface area contributed by atoms with Gasteiger partial charge in [-0.25, -0.2) is 9.97 Å². The van der Waals surface area contributed by atoms with Gasteiger partial charge in [0.2, 0.25) is 11.7 Å². The fourth-order valence-corrected chi connectivity index (χ4v) is 9.42. The van der Waals surface area contributed by atoms with Gasteiger partial charge < -0.3 is 24.6 Å². The predicted octanol–water partition coefficient (Wildman–Crippen LogP) is 4.49. The summed E-state index contributed by atoms with van der Waals surface area (Å²) in [7, 11) is 0. The third kappa shape index (κ3) is 4.82. The lowest BCUT2D eigenvalue weighted by atomic mass is 9.54. The molecule has 3 fully saturated rings. The number of halogens is 4. The third-order valence-electron chi connectivity index (χ3n) is 11.7. The number of piperidine rings is 1. The number of rotatable bonds is 5. The van der Waals surface area contributed by atoms with E-state index >= 15 is 0 Å². The predicted molar refractivity (Wildman–Crippen MR) is 179 cm³/mol. The second-order valence-electron chi connectivity index (χ2n) is 14.2. The minimum atomic E-state index is -4.60. The maximum Gasteiger partial charge on any atom is 0.416 e. The zero-order valence-corrected chi connectivity index (χ0v) is 28.5. The smallest absolute Gasteiger partial charge is 0.416 e. The maximum atomic E-state index is 14.7. The highest BCUT2D eigenvalue weighted by molar-refractivity contribution is 6.33. The summed E-state index contributed by atoms with van der Waals surface area (Å²) in [4.78, 5) is 56.8. The number of amides is 2. The van der Waals surface area contributed by atoms with Gasteiger partial charge >= 0.3 is 6.18 Å². The standard InChI is InChI=1S/C35H32ClF3N8O5/c1-16-29(49)27(41-15-40-16)32(51)45-9-8-34(20-3-5-24(20)45)21-13-19(21)28-26(34)31(50)47-33(43-30(44-47)17-6-10-52-11-7-17)46(28)14-25(48)42-23-4-2-18(12-22(23)36)35(37,38)39/h2,4,6,12,15,19-21,24,49H,3,5,7-11,13-14H2,1H3,(H,42,48)/t19-,20+,21+,24-,34-/m1/s1. The number of likely N-dealkylation sites (tertiary alicyclic amines) is 1. The van der Waals surface area contributed by atoms with Crippen LogP contribution in [0.4, 0.5) is 18.9 Å². The van der Waals surface area contributed by atoms with Crippen molar-refractivity contribution in [3.63, 3.8) is 0 Å². The number of ether oxygens (including phenoxy) is 1. The molecule has 13 nitrogen and oxygen atoms in total. The van der Waals surface area contributed by atoms with Crippen molar-refractivity contribution in [2.45, 2.75) is 69.1 Å². The normalized spacial score (nSPS) is 26.0. The first-order chi connectivity index (χ1) is 24.9. The van der Waals surface area contributed by atoms with Crippen LogP contribution in [-0.4, -0.2) is 76.8 Å². The molecule has 0 unspecified atom stereocenters. The molecule has 52 heavy (non-hydrogen) atoms. The van der Waals surface area contributed by atoms with Crippen molar-refractivity contribution in [3.05, 3.63) is 80.0 Å². The number of fused-ring (bicyclic) bond motifs is 8. The number of hydrogen-bond donors (Lipinski definition) is 2. The molecule has 1 aromatic carbocycles. The summed E-state index contributed by atoms with van der Waals surface area (Å²) in [5.41, 5.74) is 0.565. The van der Waals surface area contributed by atoms with Crippen molar-refractivity contribution >= 4 is 40.5 Å². The van der Waals surface area contributed by atoms with Crippen molar-refractivity contribution in [1.29, 1.82) is 0 Å². The molecule has 3 aliphatic carbocycles. The van der Waals surface area contributed by atoms with E-state index in [4.69, 9.17) is 21.3 Å². The summed E-state index contributed by atoms with van der Waals surface area (Å²) in [6.45, 7) is 2.49. The SMILES string of the molecule is Cc1ncnc(C(=O)N2CC[C@@]3(c4c(n(CC(=O)Nc5ccc(C(F)(F)F)cc5Cl)c5nc(C6=CCOCC6)nn5c4=O)[C@@H]4C[C@@H]43)[C@H]3CC[C@H]32)c1O. The number of nitrogens with zero attached hydrogens (tertiary/aromatic N) is 7. The van der Waals surface area contributed by atoms with Crippen molar-refractivity contribution in [3.8, 4) is 5.75 Å². The van der Waals surface area contributed by atoms with Gasteiger partial charge in [0.25, 0.3) is 11.5 Å². The summed E-state index contributed by atoms with van der Waals surface area (Å²) < 4.78 is 48.3. The maximum absolute atomic E-state index is 14.7. The van der Waals surface area contributed by atoms with E-state index in [1.165, 1.54) is 10.8 Å². The molecule has 5 atom stereocenters. The number of alkyl halides is 3. The van der Waals surface area contributed by atoms with Crippen molar-refractivity contribution < 1.29 is 32.6 Å². The number of benzene rings is 1. The highest BCUT2D eigenvalue weighted by atomic mass is 35.5. The molecule has 0 bridgehead atoms. The molecule has 270 valence electrons. The van der Waals surface area contributed by atoms with E-state index in [-0.39, 0.29) is 69.7 Å². The molecule has 9 rings (SSSR count). The summed E-state index contributed by atoms with van der Waals surface area (Å²) in [6, 6.07) is 2.54. The minimum Gasteiger partial charge on any atom is -0.504 e. The Balaban J connectivity index is 1.12. The van der Waals surface area contributed by atoms with Crippen LogP contribution in [0.1, 0.15) is 76.8 Å². The van der Waals surface area contributed by atoms with Gasteiger partial charge in [0, 0.05) is 35.2 Å². The molecule has 3 aromatic heterocycles. The Labute approximate surface area is 298 Å². The van der Waals surface area contributed by atoms with E-state index in [1.807, 2.05) is 6.08 Å². The van der Waals surface area contributed by atoms with Gasteiger partial charge in [-0.15, -0.1) is 5.10 Å². The van der Waals surface area contributed by atoms with Crippen LogP contribution < -0.4 is 10.9 Å². The fraction of sp³-hybridized carbons (Fsp3) is 0.457. The van der Waals surface area contributed by atoms with Gasteiger partial charge in [0.05, 0.1) is 35.2 Å². The zero-order valence-electron chi connectivity index (χ0n) is 27.8. The largest absolute Gasteiger partial charge is 0.504 e. The van der Waals surface area contributed by atoms with E-state index in [2.05, 4.69) is 20.4 Å². The van der Waals surface area contributed by atoms with Gasteiger partial charge in [0.15, 0.2) is 17.3 Å². The lowest BCUT2D eigenvalue weighted by molar-refractivity contribution is -0.137. The van der Waals surface area contributed by atoms with Crippen LogP contribution in [0.25, 0.3) is 11.4 Å². The Morgan fingerprint density at radius 1 is 1.19 bits per heavy atom. The second kappa shape index (κ2) is 11.6. The summed E-state index contributed by atoms with van der Waals surface area (Å²) in [5, 5.41) is 17.7. The molecule has 2 aliphatic heterocycles. The Hall–Kier alpha value is -4.83. The summed E-state index contributed by atoms with van der Waals surface area (Å²) in [6.07, 6.45) is 1.86. The average Bonchev–Trinajstić information content (AvgIpc) is 3.68. The van der Waals surface area contributed by atoms with Gasteiger partial charge in [-0.2, -0.15) is 22.7 Å². The van der Waals surface area contributed by atoms with Crippen LogP contribution >= 0.6 is 11.6 Å². The number of anilines is 1. The van der Waals surface area contributed by atoms with Crippen molar-refractivity contribution in [2.24, 2.45) is 11.8 Å². The van der Waals surface area contributed by atoms with E-state index in [9.17, 15) is 32.7 Å². The molecule has 1 spiro atoms. The number of carbonyl (C=O) groups excluding carboxylic acids is 2. The molecular weight excluding hydrogens is 705 g/mol. The number of hydrogen-bond acceptors (Lipinski definition) is 9. The quantitative estimate of drug-likeness (QED) is 0.302. The van der Waals surface area contributed by atoms with Crippen molar-refractivity contribution in [2.75, 3.05) is 25.1 Å². The first-order valence-electron chi connectivity index (χ1n) is 17.2. The molecule has 2 N–H and O–H groups in total. The number of aryl methyl sites for hydroxylation is 1. The van der Waals surface area contributed by atoms with Gasteiger partial charge in [-0.05, 0) is 74.6 Å². The first-order valence-corrected chi connectivity index (χ1v) is 17.6. The molecule has 17 heteroatoms. The Kier molecular flexibility index (Phi) is 7.36. The van der Waals surface area contributed by atoms with E-state index in [1.54, 1.807) is 16.4 Å². The highest BCUT2D eigenvalue weighted by Crippen LogP contribution is 2.72. The first kappa shape index (κ1) is 33.0. The molecule has 0 radical (unpaired) electrons. The van der Waals surface area contributed by atoms with Gasteiger partial charge in [-0.3, -0.25) is 14.4 Å². The topological polar surface area (TPSA) is 157 Å². The lowest BCUT2D eigenvalue weighted by Gasteiger charge is -2.58. The number of aromatic hydroxyl groups is 1. The fourth-order valence-electron chi connectivity index (χ4n) is 9.19. The van der Waals surface area contributed by atoms with Crippen LogP contribution in [0.15, 0.2) is 35.4 Å². The Morgan fingerprint density at radius 3 is 2.73 bits per heavy atom. The van der Waals surface area contributed by atoms with Crippen LogP contribution in [0.2, 0.25) is 5.02 Å². The van der Waals surface area contributed by atoms with E-state index < -0.39 is 23.1 Å². The minimum absolute atomic E-state index is 0.0166. The van der Waals surface area contributed by atoms with Crippen LogP contribution in [0.3, 0.4) is 0 Å². The molecule has 4 aromatic rings. The van der Waals surface area contributed by atoms with Gasteiger partial charge in [-0.1, -0.05) is 17.7 Å². The average molecular weight is 737 g/mol. The highest BCUT2D eigenvalue weighted by Gasteiger charge is 2.70. The third-order valence-corrected chi connectivity index (χ3v) is 12.0. The number of nitrogens with one attached hydrogen (secondary N) is 1. The molecule has 2 saturated carbocycles. The molecule has 5 aliphatic rings. The Morgan fingerprint density at radius 2 is 2.02 bits per heavy atom. The van der Waals surface area contributed by atoms with E-state index in [0.29, 0.717) is 55.4 Å². The summed E-state index contributed by atoms with van der Waals surface area (Å²) in [5.74, 6) is -0.624. The van der Waals surface area contributed by atoms with Gasteiger partial charge in [0.1, 0.15) is 12.9 Å². The summed E-state index contributed by atoms with van der Waals surface area (Å²) >= 11 is 6.18. The van der Waals surface area contributed by atoms with Crippen LogP contribution in [0, 0.1) is 18.8 Å².